The van der Waals surface area contributed by atoms with Crippen molar-refractivity contribution < 1.29 is 13.9 Å². The molecule has 1 aliphatic rings. The van der Waals surface area contributed by atoms with Crippen LogP contribution in [0.2, 0.25) is 5.02 Å². The molecule has 4 rings (SSSR count). The third-order valence-electron chi connectivity index (χ3n) is 4.18. The molecule has 0 radical (unpaired) electrons. The van der Waals surface area contributed by atoms with Crippen LogP contribution < -0.4 is 0 Å². The molecule has 4 heteroatoms. The fourth-order valence-corrected chi connectivity index (χ4v) is 2.98. The minimum Gasteiger partial charge on any atom is -0.463 e. The predicted molar refractivity (Wildman–Crippen MR) is 80.5 cm³/mol. The minimum absolute atomic E-state index is 0.447. The molecule has 2 heterocycles. The van der Waals surface area contributed by atoms with Gasteiger partial charge in [0.05, 0.1) is 5.02 Å². The molecule has 108 valence electrons. The first-order chi connectivity index (χ1) is 10.1. The maximum Gasteiger partial charge on any atom is 0.169 e. The highest BCUT2D eigenvalue weighted by molar-refractivity contribution is 6.34. The second kappa shape index (κ2) is 4.65. The Morgan fingerprint density at radius 1 is 1.19 bits per heavy atom. The molecule has 1 N–H and O–H groups in total. The van der Waals surface area contributed by atoms with Crippen molar-refractivity contribution in [3.63, 3.8) is 0 Å². The van der Waals surface area contributed by atoms with E-state index in [9.17, 15) is 5.11 Å². The molecular formula is C17H15ClO3. The van der Waals surface area contributed by atoms with E-state index < -0.39 is 6.10 Å². The van der Waals surface area contributed by atoms with E-state index in [-0.39, 0.29) is 0 Å². The molecule has 0 spiro atoms. The number of fused-ring (bicyclic) bond motifs is 1. The lowest BCUT2D eigenvalue weighted by Crippen LogP contribution is -1.95. The lowest BCUT2D eigenvalue weighted by atomic mass is 10.2. The maximum absolute atomic E-state index is 10.4. The van der Waals surface area contributed by atoms with E-state index in [1.54, 1.807) is 12.1 Å². The molecule has 1 fully saturated rings. The van der Waals surface area contributed by atoms with Gasteiger partial charge in [-0.05, 0) is 36.6 Å². The predicted octanol–water partition coefficient (Wildman–Crippen LogP) is 4.88. The Balaban J connectivity index is 1.67. The van der Waals surface area contributed by atoms with Crippen molar-refractivity contribution in [2.45, 2.75) is 25.4 Å². The summed E-state index contributed by atoms with van der Waals surface area (Å²) in [6.45, 7) is 2.20. The Hall–Kier alpha value is -1.71. The van der Waals surface area contributed by atoms with Gasteiger partial charge in [-0.1, -0.05) is 30.7 Å². The van der Waals surface area contributed by atoms with E-state index in [1.807, 2.05) is 24.3 Å². The number of furan rings is 2. The molecule has 1 saturated carbocycles. The molecule has 3 unspecified atom stereocenters. The monoisotopic (exact) mass is 302 g/mol. The molecule has 0 saturated heterocycles. The number of rotatable bonds is 3. The third-order valence-corrected chi connectivity index (χ3v) is 4.47. The summed E-state index contributed by atoms with van der Waals surface area (Å²) in [5.41, 5.74) is 0.593. The highest BCUT2D eigenvalue weighted by Crippen LogP contribution is 2.48. The minimum atomic E-state index is -0.906. The van der Waals surface area contributed by atoms with Crippen molar-refractivity contribution in [1.82, 2.24) is 0 Å². The van der Waals surface area contributed by atoms with Gasteiger partial charge in [-0.2, -0.15) is 0 Å². The molecule has 0 aliphatic heterocycles. The number of hydrogen-bond acceptors (Lipinski definition) is 3. The summed E-state index contributed by atoms with van der Waals surface area (Å²) in [7, 11) is 0. The summed E-state index contributed by atoms with van der Waals surface area (Å²) in [5.74, 6) is 3.08. The number of halogens is 1. The number of aliphatic hydroxyl groups excluding tert-OH is 1. The first-order valence-electron chi connectivity index (χ1n) is 7.09. The van der Waals surface area contributed by atoms with Gasteiger partial charge in [0.2, 0.25) is 0 Å². The average Bonchev–Trinajstić information content (AvgIpc) is 2.94. The normalized spacial score (nSPS) is 22.6. The van der Waals surface area contributed by atoms with Crippen LogP contribution in [0.25, 0.3) is 11.0 Å². The Kier molecular flexibility index (Phi) is 2.88. The van der Waals surface area contributed by atoms with E-state index in [0.717, 1.165) is 17.6 Å². The zero-order valence-corrected chi connectivity index (χ0v) is 12.3. The van der Waals surface area contributed by atoms with Gasteiger partial charge in [0.1, 0.15) is 17.3 Å². The van der Waals surface area contributed by atoms with Gasteiger partial charge >= 0.3 is 0 Å². The molecule has 2 aromatic heterocycles. The Morgan fingerprint density at radius 2 is 2.00 bits per heavy atom. The first-order valence-corrected chi connectivity index (χ1v) is 7.47. The summed E-state index contributed by atoms with van der Waals surface area (Å²) < 4.78 is 11.5. The van der Waals surface area contributed by atoms with Gasteiger partial charge in [0.25, 0.3) is 0 Å². The molecule has 3 aromatic rings. The topological polar surface area (TPSA) is 46.5 Å². The van der Waals surface area contributed by atoms with Crippen molar-refractivity contribution in [2.75, 3.05) is 0 Å². The van der Waals surface area contributed by atoms with Crippen molar-refractivity contribution >= 4 is 22.6 Å². The summed E-state index contributed by atoms with van der Waals surface area (Å²) in [6, 6.07) is 11.1. The molecule has 0 bridgehead atoms. The summed E-state index contributed by atoms with van der Waals surface area (Å²) in [4.78, 5) is 0. The molecule has 1 aliphatic carbocycles. The van der Waals surface area contributed by atoms with Crippen LogP contribution in [0.4, 0.5) is 0 Å². The van der Waals surface area contributed by atoms with Gasteiger partial charge in [0.15, 0.2) is 11.7 Å². The van der Waals surface area contributed by atoms with E-state index >= 15 is 0 Å². The van der Waals surface area contributed by atoms with Crippen molar-refractivity contribution in [3.8, 4) is 0 Å². The summed E-state index contributed by atoms with van der Waals surface area (Å²) in [6.07, 6.45) is 0.250. The Bertz CT molecular complexity index is 801. The van der Waals surface area contributed by atoms with Crippen LogP contribution in [0.5, 0.6) is 0 Å². The fraction of sp³-hybridized carbons (Fsp3) is 0.294. The van der Waals surface area contributed by atoms with Crippen LogP contribution in [-0.4, -0.2) is 5.11 Å². The molecule has 1 aromatic carbocycles. The molecule has 0 amide bonds. The first kappa shape index (κ1) is 13.0. The van der Waals surface area contributed by atoms with Crippen molar-refractivity contribution in [3.05, 3.63) is 58.7 Å². The van der Waals surface area contributed by atoms with E-state index in [4.69, 9.17) is 20.4 Å². The number of para-hydroxylation sites is 1. The summed E-state index contributed by atoms with van der Waals surface area (Å²) >= 11 is 6.09. The van der Waals surface area contributed by atoms with Gasteiger partial charge in [0, 0.05) is 11.3 Å². The van der Waals surface area contributed by atoms with Crippen molar-refractivity contribution in [1.29, 1.82) is 0 Å². The highest BCUT2D eigenvalue weighted by Gasteiger charge is 2.37. The zero-order valence-electron chi connectivity index (χ0n) is 11.5. The Labute approximate surface area is 127 Å². The van der Waals surface area contributed by atoms with Gasteiger partial charge in [-0.25, -0.2) is 0 Å². The van der Waals surface area contributed by atoms with Crippen LogP contribution in [0.15, 0.2) is 45.2 Å². The Morgan fingerprint density at radius 3 is 2.71 bits per heavy atom. The van der Waals surface area contributed by atoms with Crippen LogP contribution in [-0.2, 0) is 0 Å². The second-order valence-corrected chi connectivity index (χ2v) is 6.18. The van der Waals surface area contributed by atoms with Gasteiger partial charge in [-0.3, -0.25) is 0 Å². The average molecular weight is 303 g/mol. The lowest BCUT2D eigenvalue weighted by Gasteiger charge is -2.03. The number of hydrogen-bond donors (Lipinski definition) is 1. The van der Waals surface area contributed by atoms with Crippen molar-refractivity contribution in [2.24, 2.45) is 5.92 Å². The van der Waals surface area contributed by atoms with Gasteiger partial charge < -0.3 is 13.9 Å². The number of aliphatic hydroxyl groups is 1. The molecular weight excluding hydrogens is 288 g/mol. The van der Waals surface area contributed by atoms with Crippen LogP contribution >= 0.6 is 11.6 Å². The highest BCUT2D eigenvalue weighted by atomic mass is 35.5. The van der Waals surface area contributed by atoms with Gasteiger partial charge in [-0.15, -0.1) is 0 Å². The molecule has 3 atom stereocenters. The largest absolute Gasteiger partial charge is 0.463 e. The van der Waals surface area contributed by atoms with E-state index in [0.29, 0.717) is 34.0 Å². The summed E-state index contributed by atoms with van der Waals surface area (Å²) in [5, 5.41) is 11.8. The smallest absolute Gasteiger partial charge is 0.169 e. The SMILES string of the molecule is CC1CC1c1ccc(C(O)c2cc3cccc(Cl)c3o2)o1. The zero-order chi connectivity index (χ0) is 14.6. The van der Waals surface area contributed by atoms with Crippen LogP contribution in [0.3, 0.4) is 0 Å². The van der Waals surface area contributed by atoms with Crippen LogP contribution in [0.1, 0.15) is 42.6 Å². The quantitative estimate of drug-likeness (QED) is 0.749. The van der Waals surface area contributed by atoms with E-state index in [1.165, 1.54) is 0 Å². The standard InChI is InChI=1S/C17H15ClO3/c1-9-7-11(9)13-5-6-14(20-13)16(19)15-8-10-3-2-4-12(18)17(10)21-15/h2-6,8-9,11,16,19H,7H2,1H3. The second-order valence-electron chi connectivity index (χ2n) is 5.77. The lowest BCUT2D eigenvalue weighted by molar-refractivity contribution is 0.162. The van der Waals surface area contributed by atoms with E-state index in [2.05, 4.69) is 6.92 Å². The fourth-order valence-electron chi connectivity index (χ4n) is 2.76. The third kappa shape index (κ3) is 2.17. The molecule has 21 heavy (non-hydrogen) atoms. The maximum atomic E-state index is 10.4. The number of benzene rings is 1. The van der Waals surface area contributed by atoms with Crippen LogP contribution in [0, 0.1) is 5.92 Å². The molecule has 3 nitrogen and oxygen atoms in total.